The van der Waals surface area contributed by atoms with Gasteiger partial charge in [0, 0.05) is 19.5 Å². The van der Waals surface area contributed by atoms with Gasteiger partial charge in [-0.1, -0.05) is 36.4 Å². The van der Waals surface area contributed by atoms with Crippen LogP contribution in [0, 0.1) is 0 Å². The maximum absolute atomic E-state index is 11.1. The Kier molecular flexibility index (Phi) is 5.26. The Balaban J connectivity index is 1.72. The topological polar surface area (TPSA) is 67.2 Å². The van der Waals surface area contributed by atoms with E-state index in [1.807, 2.05) is 31.3 Å². The first-order chi connectivity index (χ1) is 12.2. The summed E-state index contributed by atoms with van der Waals surface area (Å²) in [7, 11) is 2.03. The molecular weight excluding hydrogens is 314 g/mol. The largest absolute Gasteiger partial charge is 0.331 e. The van der Waals surface area contributed by atoms with E-state index in [1.165, 1.54) is 11.6 Å². The van der Waals surface area contributed by atoms with Crippen LogP contribution in [0.2, 0.25) is 0 Å². The molecule has 25 heavy (non-hydrogen) atoms. The lowest BCUT2D eigenvalue weighted by Gasteiger charge is -2.03. The van der Waals surface area contributed by atoms with Gasteiger partial charge >= 0.3 is 0 Å². The van der Waals surface area contributed by atoms with Crippen LogP contribution in [0.5, 0.6) is 0 Å². The van der Waals surface area contributed by atoms with Crippen molar-refractivity contribution >= 4 is 23.0 Å². The number of imidazole rings is 1. The number of carbonyl (C=O) groups is 1. The minimum atomic E-state index is -0.553. The van der Waals surface area contributed by atoms with E-state index in [4.69, 9.17) is 10.2 Å². The molecule has 3 rings (SSSR count). The zero-order chi connectivity index (χ0) is 17.6. The highest BCUT2D eigenvalue weighted by Gasteiger charge is 2.08. The van der Waals surface area contributed by atoms with Crippen molar-refractivity contribution in [3.05, 3.63) is 71.6 Å². The summed E-state index contributed by atoms with van der Waals surface area (Å²) in [5, 5.41) is 8.52. The van der Waals surface area contributed by atoms with Crippen molar-refractivity contribution in [1.82, 2.24) is 15.0 Å². The molecule has 3 aromatic rings. The molecule has 0 aliphatic rings. The van der Waals surface area contributed by atoms with Crippen molar-refractivity contribution in [1.29, 1.82) is 0 Å². The lowest BCUT2D eigenvalue weighted by atomic mass is 10.1. The second kappa shape index (κ2) is 7.77. The molecular formula is C20H21N3O2. The van der Waals surface area contributed by atoms with Gasteiger partial charge in [-0.2, -0.15) is 0 Å². The molecule has 0 fully saturated rings. The number of amides is 1. The van der Waals surface area contributed by atoms with E-state index in [1.54, 1.807) is 11.6 Å². The van der Waals surface area contributed by atoms with Gasteiger partial charge in [0.25, 0.3) is 5.91 Å². The summed E-state index contributed by atoms with van der Waals surface area (Å²) in [6.07, 6.45) is 5.93. The van der Waals surface area contributed by atoms with Crippen LogP contribution < -0.4 is 5.48 Å². The molecule has 0 spiro atoms. The van der Waals surface area contributed by atoms with Gasteiger partial charge in [-0.25, -0.2) is 10.5 Å². The number of rotatable bonds is 6. The number of hydrogen-bond donors (Lipinski definition) is 2. The summed E-state index contributed by atoms with van der Waals surface area (Å²) in [5.74, 6) is 0.503. The number of fused-ring (bicyclic) bond motifs is 1. The normalized spacial score (nSPS) is 11.3. The molecule has 2 aromatic carbocycles. The van der Waals surface area contributed by atoms with E-state index in [9.17, 15) is 4.79 Å². The van der Waals surface area contributed by atoms with E-state index in [2.05, 4.69) is 28.8 Å². The first-order valence-electron chi connectivity index (χ1n) is 8.29. The van der Waals surface area contributed by atoms with Crippen LogP contribution in [0.25, 0.3) is 17.1 Å². The minimum Gasteiger partial charge on any atom is -0.331 e. The highest BCUT2D eigenvalue weighted by Crippen LogP contribution is 2.19. The maximum Gasteiger partial charge on any atom is 0.267 e. The summed E-state index contributed by atoms with van der Waals surface area (Å²) in [4.78, 5) is 15.8. The van der Waals surface area contributed by atoms with Crippen LogP contribution in [0.3, 0.4) is 0 Å². The SMILES string of the molecule is Cn1c(CCCc2ccccc2)nc2cc(C=CC(=O)NO)ccc21. The van der Waals surface area contributed by atoms with Crippen molar-refractivity contribution in [2.24, 2.45) is 7.05 Å². The third-order valence-electron chi connectivity index (χ3n) is 4.24. The predicted molar refractivity (Wildman–Crippen MR) is 98.1 cm³/mol. The highest BCUT2D eigenvalue weighted by molar-refractivity contribution is 5.91. The molecule has 1 heterocycles. The number of aromatic nitrogens is 2. The van der Waals surface area contributed by atoms with E-state index in [0.717, 1.165) is 41.7 Å². The maximum atomic E-state index is 11.1. The number of nitrogens with zero attached hydrogens (tertiary/aromatic N) is 2. The van der Waals surface area contributed by atoms with Gasteiger partial charge in [-0.15, -0.1) is 0 Å². The van der Waals surface area contributed by atoms with Crippen LogP contribution in [-0.4, -0.2) is 20.7 Å². The van der Waals surface area contributed by atoms with Gasteiger partial charge in [0.1, 0.15) is 5.82 Å². The summed E-state index contributed by atoms with van der Waals surface area (Å²) in [6, 6.07) is 16.3. The van der Waals surface area contributed by atoms with E-state index in [0.29, 0.717) is 0 Å². The van der Waals surface area contributed by atoms with Crippen LogP contribution in [0.4, 0.5) is 0 Å². The first kappa shape index (κ1) is 16.9. The molecule has 2 N–H and O–H groups in total. The monoisotopic (exact) mass is 335 g/mol. The van der Waals surface area contributed by atoms with Crippen molar-refractivity contribution in [3.63, 3.8) is 0 Å². The number of aryl methyl sites for hydroxylation is 3. The van der Waals surface area contributed by atoms with Crippen LogP contribution in [0.1, 0.15) is 23.4 Å². The Morgan fingerprint density at radius 3 is 2.76 bits per heavy atom. The van der Waals surface area contributed by atoms with Crippen molar-refractivity contribution < 1.29 is 10.0 Å². The Labute approximate surface area is 146 Å². The van der Waals surface area contributed by atoms with Crippen LogP contribution in [-0.2, 0) is 24.7 Å². The standard InChI is InChI=1S/C20H21N3O2/c1-23-18-12-10-16(11-13-20(24)22-25)14-17(18)21-19(23)9-5-8-15-6-3-2-4-7-15/h2-4,6-7,10-14,25H,5,8-9H2,1H3,(H,22,24). The molecule has 0 aliphatic carbocycles. The molecule has 0 saturated heterocycles. The van der Waals surface area contributed by atoms with E-state index >= 15 is 0 Å². The lowest BCUT2D eigenvalue weighted by Crippen LogP contribution is -2.14. The zero-order valence-electron chi connectivity index (χ0n) is 14.1. The zero-order valence-corrected chi connectivity index (χ0v) is 14.1. The minimum absolute atomic E-state index is 0.553. The average molecular weight is 335 g/mol. The van der Waals surface area contributed by atoms with Gasteiger partial charge in [0.15, 0.2) is 0 Å². The smallest absolute Gasteiger partial charge is 0.267 e. The molecule has 5 heteroatoms. The van der Waals surface area contributed by atoms with Crippen molar-refractivity contribution in [2.75, 3.05) is 0 Å². The Morgan fingerprint density at radius 1 is 1.20 bits per heavy atom. The number of hydrogen-bond acceptors (Lipinski definition) is 3. The molecule has 128 valence electrons. The Hall–Kier alpha value is -2.92. The van der Waals surface area contributed by atoms with Gasteiger partial charge in [0.05, 0.1) is 11.0 Å². The fraction of sp³-hybridized carbons (Fsp3) is 0.200. The average Bonchev–Trinajstić information content (AvgIpc) is 2.96. The third-order valence-corrected chi connectivity index (χ3v) is 4.24. The lowest BCUT2D eigenvalue weighted by molar-refractivity contribution is -0.124. The third kappa shape index (κ3) is 4.14. The summed E-state index contributed by atoms with van der Waals surface area (Å²) in [6.45, 7) is 0. The van der Waals surface area contributed by atoms with Gasteiger partial charge in [-0.3, -0.25) is 10.0 Å². The molecule has 0 saturated carbocycles. The molecule has 0 aliphatic heterocycles. The predicted octanol–water partition coefficient (Wildman–Crippen LogP) is 3.27. The highest BCUT2D eigenvalue weighted by atomic mass is 16.5. The summed E-state index contributed by atoms with van der Waals surface area (Å²) < 4.78 is 2.12. The van der Waals surface area contributed by atoms with Crippen LogP contribution >= 0.6 is 0 Å². The molecule has 0 unspecified atom stereocenters. The molecule has 0 radical (unpaired) electrons. The molecule has 1 amide bonds. The second-order valence-corrected chi connectivity index (χ2v) is 5.98. The van der Waals surface area contributed by atoms with E-state index in [-0.39, 0.29) is 0 Å². The number of benzene rings is 2. The first-order valence-corrected chi connectivity index (χ1v) is 8.29. The summed E-state index contributed by atoms with van der Waals surface area (Å²) in [5.41, 5.74) is 5.76. The molecule has 0 bridgehead atoms. The fourth-order valence-electron chi connectivity index (χ4n) is 2.90. The Bertz CT molecular complexity index is 898. The summed E-state index contributed by atoms with van der Waals surface area (Å²) >= 11 is 0. The van der Waals surface area contributed by atoms with Gasteiger partial charge in [0.2, 0.25) is 0 Å². The number of nitrogens with one attached hydrogen (secondary N) is 1. The fourth-order valence-corrected chi connectivity index (χ4v) is 2.90. The number of hydroxylamine groups is 1. The van der Waals surface area contributed by atoms with Crippen molar-refractivity contribution in [2.45, 2.75) is 19.3 Å². The van der Waals surface area contributed by atoms with Crippen LogP contribution in [0.15, 0.2) is 54.6 Å². The molecule has 0 atom stereocenters. The molecule has 5 nitrogen and oxygen atoms in total. The quantitative estimate of drug-likeness (QED) is 0.413. The van der Waals surface area contributed by atoms with Gasteiger partial charge < -0.3 is 4.57 Å². The molecule has 1 aromatic heterocycles. The Morgan fingerprint density at radius 2 is 2.00 bits per heavy atom. The van der Waals surface area contributed by atoms with Crippen molar-refractivity contribution in [3.8, 4) is 0 Å². The van der Waals surface area contributed by atoms with Gasteiger partial charge in [-0.05, 0) is 42.2 Å². The second-order valence-electron chi connectivity index (χ2n) is 5.98. The van der Waals surface area contributed by atoms with E-state index < -0.39 is 5.91 Å². The number of carbonyl (C=O) groups excluding carboxylic acids is 1.